The van der Waals surface area contributed by atoms with Crippen LogP contribution < -0.4 is 4.74 Å². The van der Waals surface area contributed by atoms with Crippen molar-refractivity contribution in [3.8, 4) is 17.1 Å². The van der Waals surface area contributed by atoms with E-state index in [1.54, 1.807) is 36.7 Å². The minimum Gasteiger partial charge on any atom is -0.484 e. The number of ether oxygens (including phenoxy) is 1. The van der Waals surface area contributed by atoms with Crippen molar-refractivity contribution in [2.75, 3.05) is 19.7 Å². The number of piperidine rings is 1. The predicted molar refractivity (Wildman–Crippen MR) is 98.1 cm³/mol. The number of pyridine rings is 1. The van der Waals surface area contributed by atoms with E-state index in [0.29, 0.717) is 24.3 Å². The average Bonchev–Trinajstić information content (AvgIpc) is 3.25. The highest BCUT2D eigenvalue weighted by Crippen LogP contribution is 2.35. The monoisotopic (exact) mass is 382 g/mol. The molecule has 28 heavy (non-hydrogen) atoms. The number of aromatic nitrogens is 3. The zero-order chi connectivity index (χ0) is 19.4. The first kappa shape index (κ1) is 18.1. The third-order valence-corrected chi connectivity index (χ3v) is 4.63. The largest absolute Gasteiger partial charge is 0.484 e. The van der Waals surface area contributed by atoms with Gasteiger partial charge in [0.2, 0.25) is 11.5 Å². The highest BCUT2D eigenvalue weighted by molar-refractivity contribution is 5.78. The van der Waals surface area contributed by atoms with Gasteiger partial charge in [0, 0.05) is 24.5 Å². The summed E-state index contributed by atoms with van der Waals surface area (Å²) in [5.74, 6) is 0.471. The Morgan fingerprint density at radius 2 is 2.11 bits per heavy atom. The molecule has 1 aliphatic rings. The van der Waals surface area contributed by atoms with Crippen molar-refractivity contribution in [3.05, 3.63) is 60.7 Å². The minimum atomic E-state index is -1.88. The molecule has 3 aromatic rings. The summed E-state index contributed by atoms with van der Waals surface area (Å²) in [5.41, 5.74) is -1.24. The number of nitrogens with zero attached hydrogens (tertiary/aromatic N) is 4. The van der Waals surface area contributed by atoms with E-state index in [2.05, 4.69) is 15.1 Å². The number of halogens is 1. The Morgan fingerprint density at radius 3 is 2.89 bits per heavy atom. The van der Waals surface area contributed by atoms with E-state index in [1.807, 2.05) is 18.2 Å². The molecule has 8 heteroatoms. The summed E-state index contributed by atoms with van der Waals surface area (Å²) in [4.78, 5) is 22.1. The number of benzene rings is 1. The summed E-state index contributed by atoms with van der Waals surface area (Å²) >= 11 is 0. The van der Waals surface area contributed by atoms with Gasteiger partial charge in [-0.1, -0.05) is 23.4 Å². The Labute approximate surface area is 161 Å². The van der Waals surface area contributed by atoms with Crippen LogP contribution in [0.3, 0.4) is 0 Å². The quantitative estimate of drug-likeness (QED) is 0.675. The Kier molecular flexibility index (Phi) is 5.01. The van der Waals surface area contributed by atoms with Crippen LogP contribution in [-0.4, -0.2) is 45.6 Å². The lowest BCUT2D eigenvalue weighted by molar-refractivity contribution is -0.138. The molecule has 4 rings (SSSR count). The first-order valence-corrected chi connectivity index (χ1v) is 9.03. The van der Waals surface area contributed by atoms with Crippen molar-refractivity contribution in [1.29, 1.82) is 0 Å². The molecule has 0 N–H and O–H groups in total. The SMILES string of the molecule is O=C(COc1ccccc1)N1CCCC(F)(c2nc(-c3cccnc3)no2)C1. The topological polar surface area (TPSA) is 81.4 Å². The van der Waals surface area contributed by atoms with Crippen LogP contribution in [0.15, 0.2) is 59.4 Å². The molecular formula is C20H19FN4O3. The molecule has 1 amide bonds. The van der Waals surface area contributed by atoms with Gasteiger partial charge in [-0.15, -0.1) is 0 Å². The molecule has 2 aromatic heterocycles. The predicted octanol–water partition coefficient (Wildman–Crippen LogP) is 3.00. The standard InChI is InChI=1S/C20H19FN4O3/c21-20(19-23-18(24-28-19)15-6-4-10-22-12-15)9-5-11-25(14-20)17(26)13-27-16-7-2-1-3-8-16/h1-4,6-8,10,12H,5,9,11,13-14H2. The minimum absolute atomic E-state index is 0.118. The number of carbonyl (C=O) groups excluding carboxylic acids is 1. The van der Waals surface area contributed by atoms with Crippen LogP contribution in [0.4, 0.5) is 4.39 Å². The number of likely N-dealkylation sites (tertiary alicyclic amines) is 1. The zero-order valence-corrected chi connectivity index (χ0v) is 15.1. The average molecular weight is 382 g/mol. The van der Waals surface area contributed by atoms with Gasteiger partial charge in [0.15, 0.2) is 6.61 Å². The Bertz CT molecular complexity index is 935. The molecular weight excluding hydrogens is 363 g/mol. The fourth-order valence-corrected chi connectivity index (χ4v) is 3.17. The smallest absolute Gasteiger partial charge is 0.266 e. The molecule has 0 saturated carbocycles. The lowest BCUT2D eigenvalue weighted by Crippen LogP contribution is -2.48. The molecule has 1 aliphatic heterocycles. The van der Waals surface area contributed by atoms with Gasteiger partial charge in [0.05, 0.1) is 6.54 Å². The second kappa shape index (κ2) is 7.75. The van der Waals surface area contributed by atoms with Crippen molar-refractivity contribution in [2.45, 2.75) is 18.5 Å². The van der Waals surface area contributed by atoms with E-state index in [0.717, 1.165) is 0 Å². The molecule has 7 nitrogen and oxygen atoms in total. The fourth-order valence-electron chi connectivity index (χ4n) is 3.17. The molecule has 1 unspecified atom stereocenters. The molecule has 1 atom stereocenters. The number of carbonyl (C=O) groups is 1. The van der Waals surface area contributed by atoms with Gasteiger partial charge in [-0.3, -0.25) is 9.78 Å². The third-order valence-electron chi connectivity index (χ3n) is 4.63. The number of hydrogen-bond donors (Lipinski definition) is 0. The van der Waals surface area contributed by atoms with Gasteiger partial charge in [-0.05, 0) is 37.1 Å². The van der Waals surface area contributed by atoms with Gasteiger partial charge < -0.3 is 14.2 Å². The highest BCUT2D eigenvalue weighted by atomic mass is 19.1. The maximum absolute atomic E-state index is 15.6. The number of amides is 1. The van der Waals surface area contributed by atoms with E-state index in [9.17, 15) is 4.79 Å². The molecule has 0 bridgehead atoms. The normalized spacial score (nSPS) is 19.4. The van der Waals surface area contributed by atoms with Crippen LogP contribution in [0.5, 0.6) is 5.75 Å². The first-order chi connectivity index (χ1) is 13.6. The Morgan fingerprint density at radius 1 is 1.25 bits per heavy atom. The molecule has 0 aliphatic carbocycles. The molecule has 0 radical (unpaired) electrons. The van der Waals surface area contributed by atoms with E-state index in [4.69, 9.17) is 9.26 Å². The Balaban J connectivity index is 1.44. The van der Waals surface area contributed by atoms with Gasteiger partial charge in [-0.2, -0.15) is 4.98 Å². The van der Waals surface area contributed by atoms with Crippen molar-refractivity contribution >= 4 is 5.91 Å². The summed E-state index contributed by atoms with van der Waals surface area (Å²) in [5, 5.41) is 3.86. The van der Waals surface area contributed by atoms with Crippen LogP contribution in [0.1, 0.15) is 18.7 Å². The molecule has 0 spiro atoms. The lowest BCUT2D eigenvalue weighted by Gasteiger charge is -2.35. The van der Waals surface area contributed by atoms with Crippen molar-refractivity contribution in [3.63, 3.8) is 0 Å². The van der Waals surface area contributed by atoms with Crippen molar-refractivity contribution in [1.82, 2.24) is 20.0 Å². The van der Waals surface area contributed by atoms with Crippen molar-refractivity contribution < 1.29 is 18.4 Å². The van der Waals surface area contributed by atoms with Crippen LogP contribution in [-0.2, 0) is 10.5 Å². The summed E-state index contributed by atoms with van der Waals surface area (Å²) in [7, 11) is 0. The van der Waals surface area contributed by atoms with Gasteiger partial charge in [-0.25, -0.2) is 4.39 Å². The maximum Gasteiger partial charge on any atom is 0.266 e. The van der Waals surface area contributed by atoms with Crippen LogP contribution >= 0.6 is 0 Å². The second-order valence-corrected chi connectivity index (χ2v) is 6.65. The van der Waals surface area contributed by atoms with Crippen molar-refractivity contribution in [2.24, 2.45) is 0 Å². The number of hydrogen-bond acceptors (Lipinski definition) is 6. The molecule has 1 aromatic carbocycles. The molecule has 3 heterocycles. The third kappa shape index (κ3) is 3.85. The van der Waals surface area contributed by atoms with E-state index in [-0.39, 0.29) is 37.2 Å². The number of rotatable bonds is 5. The summed E-state index contributed by atoms with van der Waals surface area (Å²) in [6.45, 7) is 0.176. The number of para-hydroxylation sites is 1. The number of alkyl halides is 1. The van der Waals surface area contributed by atoms with Crippen LogP contribution in [0.2, 0.25) is 0 Å². The molecule has 1 saturated heterocycles. The second-order valence-electron chi connectivity index (χ2n) is 6.65. The van der Waals surface area contributed by atoms with Gasteiger partial charge >= 0.3 is 0 Å². The lowest BCUT2D eigenvalue weighted by atomic mass is 9.94. The van der Waals surface area contributed by atoms with E-state index < -0.39 is 5.67 Å². The summed E-state index contributed by atoms with van der Waals surface area (Å²) in [6, 6.07) is 12.5. The molecule has 144 valence electrons. The Hall–Kier alpha value is -3.29. The van der Waals surface area contributed by atoms with E-state index >= 15 is 4.39 Å². The first-order valence-electron chi connectivity index (χ1n) is 9.03. The van der Waals surface area contributed by atoms with Gasteiger partial charge in [0.1, 0.15) is 5.75 Å². The van der Waals surface area contributed by atoms with Crippen LogP contribution in [0.25, 0.3) is 11.4 Å². The van der Waals surface area contributed by atoms with E-state index in [1.165, 1.54) is 4.90 Å². The van der Waals surface area contributed by atoms with Crippen LogP contribution in [0, 0.1) is 0 Å². The summed E-state index contributed by atoms with van der Waals surface area (Å²) in [6.07, 6.45) is 3.92. The van der Waals surface area contributed by atoms with Gasteiger partial charge in [0.25, 0.3) is 11.8 Å². The summed E-state index contributed by atoms with van der Waals surface area (Å²) < 4.78 is 26.2. The maximum atomic E-state index is 15.6. The molecule has 1 fully saturated rings. The zero-order valence-electron chi connectivity index (χ0n) is 15.1. The fraction of sp³-hybridized carbons (Fsp3) is 0.300. The highest BCUT2D eigenvalue weighted by Gasteiger charge is 2.43.